The molecule has 1 atom stereocenters. The Morgan fingerprint density at radius 1 is 1.03 bits per heavy atom. The monoisotopic (exact) mass is 413 g/mol. The Hall–Kier alpha value is -3.64. The number of nitrogens with one attached hydrogen (secondary N) is 3. The van der Waals surface area contributed by atoms with E-state index < -0.39 is 5.79 Å². The molecule has 2 heterocycles. The highest BCUT2D eigenvalue weighted by Gasteiger charge is 2.24. The number of allylic oxidation sites excluding steroid dienone is 1. The van der Waals surface area contributed by atoms with Crippen molar-refractivity contribution in [1.29, 1.82) is 0 Å². The molecular formula is C25H27N5O. The summed E-state index contributed by atoms with van der Waals surface area (Å²) in [5.41, 5.74) is 5.49. The highest BCUT2D eigenvalue weighted by Crippen LogP contribution is 2.20. The first-order chi connectivity index (χ1) is 15.1. The zero-order valence-corrected chi connectivity index (χ0v) is 17.5. The number of aliphatic imine (C=N–C) groups is 1. The van der Waals surface area contributed by atoms with E-state index in [0.29, 0.717) is 0 Å². The molecule has 0 bridgehead atoms. The van der Waals surface area contributed by atoms with E-state index in [9.17, 15) is 5.11 Å². The van der Waals surface area contributed by atoms with E-state index in [1.54, 1.807) is 18.3 Å². The summed E-state index contributed by atoms with van der Waals surface area (Å²) >= 11 is 0. The largest absolute Gasteiger partial charge is 0.508 e. The summed E-state index contributed by atoms with van der Waals surface area (Å²) in [5, 5.41) is 19.8. The van der Waals surface area contributed by atoms with Gasteiger partial charge in [0, 0.05) is 37.4 Å². The minimum atomic E-state index is -0.578. The van der Waals surface area contributed by atoms with Gasteiger partial charge in [0.05, 0.1) is 5.69 Å². The third-order valence-electron chi connectivity index (χ3n) is 5.17. The molecule has 1 aromatic heterocycles. The lowest BCUT2D eigenvalue weighted by molar-refractivity contribution is 0.339. The lowest BCUT2D eigenvalue weighted by Gasteiger charge is -2.32. The van der Waals surface area contributed by atoms with Crippen molar-refractivity contribution in [1.82, 2.24) is 15.6 Å². The molecule has 0 aliphatic carbocycles. The van der Waals surface area contributed by atoms with Crippen molar-refractivity contribution >= 4 is 17.6 Å². The smallest absolute Gasteiger partial charge is 0.181 e. The lowest BCUT2D eigenvalue weighted by Crippen LogP contribution is -2.53. The second-order valence-corrected chi connectivity index (χ2v) is 7.69. The second-order valence-electron chi connectivity index (χ2n) is 7.69. The molecule has 1 aliphatic rings. The van der Waals surface area contributed by atoms with Crippen LogP contribution >= 0.6 is 0 Å². The number of aromatic hydroxyl groups is 1. The maximum Gasteiger partial charge on any atom is 0.181 e. The summed E-state index contributed by atoms with van der Waals surface area (Å²) in [7, 11) is 0. The van der Waals surface area contributed by atoms with Crippen LogP contribution in [0.3, 0.4) is 0 Å². The third kappa shape index (κ3) is 5.71. The molecule has 0 amide bonds. The van der Waals surface area contributed by atoms with E-state index in [1.165, 1.54) is 11.1 Å². The average molecular weight is 414 g/mol. The van der Waals surface area contributed by atoms with Crippen molar-refractivity contribution < 1.29 is 5.11 Å². The molecule has 0 fully saturated rings. The molecule has 6 heteroatoms. The van der Waals surface area contributed by atoms with Crippen LogP contribution < -0.4 is 16.0 Å². The number of phenolic OH excluding ortho intramolecular Hbond substituents is 1. The minimum Gasteiger partial charge on any atom is -0.508 e. The van der Waals surface area contributed by atoms with Crippen LogP contribution in [0.2, 0.25) is 0 Å². The number of hydrogen-bond donors (Lipinski definition) is 4. The summed E-state index contributed by atoms with van der Waals surface area (Å²) in [6.07, 6.45) is 8.28. The van der Waals surface area contributed by atoms with Crippen molar-refractivity contribution in [3.8, 4) is 5.75 Å². The van der Waals surface area contributed by atoms with Crippen molar-refractivity contribution in [3.63, 3.8) is 0 Å². The fourth-order valence-corrected chi connectivity index (χ4v) is 3.49. The van der Waals surface area contributed by atoms with Crippen molar-refractivity contribution in [3.05, 3.63) is 95.8 Å². The van der Waals surface area contributed by atoms with Gasteiger partial charge in [-0.3, -0.25) is 15.3 Å². The topological polar surface area (TPSA) is 81.6 Å². The van der Waals surface area contributed by atoms with Gasteiger partial charge in [-0.2, -0.15) is 0 Å². The van der Waals surface area contributed by atoms with Gasteiger partial charge in [-0.1, -0.05) is 30.3 Å². The Morgan fingerprint density at radius 3 is 2.71 bits per heavy atom. The Morgan fingerprint density at radius 2 is 1.90 bits per heavy atom. The van der Waals surface area contributed by atoms with Crippen molar-refractivity contribution in [2.45, 2.75) is 25.7 Å². The molecule has 1 aliphatic heterocycles. The second kappa shape index (κ2) is 9.45. The van der Waals surface area contributed by atoms with Gasteiger partial charge < -0.3 is 15.7 Å². The fraction of sp³-hybridized carbons (Fsp3) is 0.200. The van der Waals surface area contributed by atoms with Gasteiger partial charge >= 0.3 is 0 Å². The zero-order valence-electron chi connectivity index (χ0n) is 17.5. The van der Waals surface area contributed by atoms with Crippen molar-refractivity contribution in [2.24, 2.45) is 4.99 Å². The molecule has 4 N–H and O–H groups in total. The van der Waals surface area contributed by atoms with Crippen LogP contribution in [-0.4, -0.2) is 28.6 Å². The summed E-state index contributed by atoms with van der Waals surface area (Å²) in [4.78, 5) is 8.74. The first kappa shape index (κ1) is 20.6. The number of anilines is 1. The standard InChI is InChI=1S/C25H27N5O/c1-25(28-14-11-19-7-9-23(31)10-8-19)29-15-12-24(30-25)21-5-2-4-20(16-21)17-27-22-6-3-13-26-18-22/h2-10,12-13,15-16,18,27-28,30-31H,11,14,17H2,1H3. The van der Waals surface area contributed by atoms with Crippen molar-refractivity contribution in [2.75, 3.05) is 11.9 Å². The number of hydrogen-bond acceptors (Lipinski definition) is 6. The van der Waals surface area contributed by atoms with Gasteiger partial charge in [-0.05, 0) is 66.4 Å². The fourth-order valence-electron chi connectivity index (χ4n) is 3.49. The van der Waals surface area contributed by atoms with Crippen LogP contribution in [-0.2, 0) is 13.0 Å². The molecule has 3 aromatic rings. The highest BCUT2D eigenvalue weighted by molar-refractivity contribution is 5.86. The maximum absolute atomic E-state index is 9.42. The van der Waals surface area contributed by atoms with E-state index in [-0.39, 0.29) is 5.75 Å². The van der Waals surface area contributed by atoms with Gasteiger partial charge in [-0.15, -0.1) is 0 Å². The van der Waals surface area contributed by atoms with Crippen LogP contribution in [0.15, 0.2) is 84.1 Å². The summed E-state index contributed by atoms with van der Waals surface area (Å²) < 4.78 is 0. The van der Waals surface area contributed by atoms with Crippen LogP contribution in [0.4, 0.5) is 5.69 Å². The molecule has 1 unspecified atom stereocenters. The summed E-state index contributed by atoms with van der Waals surface area (Å²) in [6.45, 7) is 3.51. The number of pyridine rings is 1. The number of rotatable bonds is 8. The van der Waals surface area contributed by atoms with Crippen LogP contribution in [0.5, 0.6) is 5.75 Å². The van der Waals surface area contributed by atoms with E-state index in [1.807, 2.05) is 49.7 Å². The summed E-state index contributed by atoms with van der Waals surface area (Å²) in [5.74, 6) is -0.291. The number of phenols is 1. The van der Waals surface area contributed by atoms with Gasteiger partial charge in [0.15, 0.2) is 5.79 Å². The van der Waals surface area contributed by atoms with Crippen LogP contribution in [0.1, 0.15) is 23.6 Å². The molecule has 31 heavy (non-hydrogen) atoms. The van der Waals surface area contributed by atoms with Gasteiger partial charge in [0.1, 0.15) is 5.75 Å². The first-order valence-electron chi connectivity index (χ1n) is 10.4. The quantitative estimate of drug-likeness (QED) is 0.450. The van der Waals surface area contributed by atoms with Gasteiger partial charge in [-0.25, -0.2) is 0 Å². The molecule has 0 saturated carbocycles. The predicted molar refractivity (Wildman–Crippen MR) is 126 cm³/mol. The Balaban J connectivity index is 1.36. The molecule has 0 spiro atoms. The number of nitrogens with zero attached hydrogens (tertiary/aromatic N) is 2. The first-order valence-corrected chi connectivity index (χ1v) is 10.4. The number of benzene rings is 2. The van der Waals surface area contributed by atoms with E-state index in [2.05, 4.69) is 50.2 Å². The van der Waals surface area contributed by atoms with E-state index >= 15 is 0 Å². The van der Waals surface area contributed by atoms with Gasteiger partial charge in [0.2, 0.25) is 0 Å². The molecule has 4 rings (SSSR count). The molecular weight excluding hydrogens is 386 g/mol. The molecule has 158 valence electrons. The summed E-state index contributed by atoms with van der Waals surface area (Å²) in [6, 6.07) is 19.7. The molecule has 0 saturated heterocycles. The molecule has 0 radical (unpaired) electrons. The molecule has 2 aromatic carbocycles. The normalized spacial score (nSPS) is 17.6. The number of aromatic nitrogens is 1. The third-order valence-corrected chi connectivity index (χ3v) is 5.17. The van der Waals surface area contributed by atoms with E-state index in [4.69, 9.17) is 0 Å². The Bertz CT molecular complexity index is 1060. The SMILES string of the molecule is CC1(NCCc2ccc(O)cc2)N=CC=C(c2cccc(CNc3cccnc3)c2)N1. The maximum atomic E-state index is 9.42. The minimum absolute atomic E-state index is 0.287. The molecule has 6 nitrogen and oxygen atoms in total. The Labute approximate surface area is 182 Å². The highest BCUT2D eigenvalue weighted by atomic mass is 16.3. The van der Waals surface area contributed by atoms with Crippen LogP contribution in [0.25, 0.3) is 5.70 Å². The Kier molecular flexibility index (Phi) is 6.29. The lowest BCUT2D eigenvalue weighted by atomic mass is 10.1. The zero-order chi connectivity index (χ0) is 21.5. The van der Waals surface area contributed by atoms with Crippen LogP contribution in [0, 0.1) is 0 Å². The van der Waals surface area contributed by atoms with E-state index in [0.717, 1.165) is 36.5 Å². The van der Waals surface area contributed by atoms with Gasteiger partial charge in [0.25, 0.3) is 0 Å². The average Bonchev–Trinajstić information content (AvgIpc) is 2.80. The predicted octanol–water partition coefficient (Wildman–Crippen LogP) is 3.92.